The van der Waals surface area contributed by atoms with Gasteiger partial charge in [0.05, 0.1) is 25.0 Å². The molecule has 2 rings (SSSR count). The summed E-state index contributed by atoms with van der Waals surface area (Å²) in [5, 5.41) is 0. The Balaban J connectivity index is 2.00. The summed E-state index contributed by atoms with van der Waals surface area (Å²) in [7, 11) is 0. The van der Waals surface area contributed by atoms with Crippen molar-refractivity contribution in [1.82, 2.24) is 0 Å². The van der Waals surface area contributed by atoms with Gasteiger partial charge in [-0.2, -0.15) is 0 Å². The van der Waals surface area contributed by atoms with E-state index in [4.69, 9.17) is 14.2 Å². The first-order valence-corrected chi connectivity index (χ1v) is 7.16. The predicted octanol–water partition coefficient (Wildman–Crippen LogP) is 1.89. The lowest BCUT2D eigenvalue weighted by molar-refractivity contribution is -0.208. The van der Waals surface area contributed by atoms with Crippen LogP contribution in [0, 0.1) is 17.8 Å². The van der Waals surface area contributed by atoms with Gasteiger partial charge < -0.3 is 14.2 Å². The van der Waals surface area contributed by atoms with Crippen LogP contribution in [0.15, 0.2) is 0 Å². The Bertz CT molecular complexity index is 335. The molecule has 0 bridgehead atoms. The van der Waals surface area contributed by atoms with Crippen LogP contribution in [0.25, 0.3) is 0 Å². The van der Waals surface area contributed by atoms with Crippen LogP contribution in [0.1, 0.15) is 39.5 Å². The van der Waals surface area contributed by atoms with Gasteiger partial charge in [0.15, 0.2) is 6.29 Å². The summed E-state index contributed by atoms with van der Waals surface area (Å²) in [5.41, 5.74) is 0. The van der Waals surface area contributed by atoms with Crippen molar-refractivity contribution < 1.29 is 23.8 Å². The minimum atomic E-state index is -0.383. The fourth-order valence-corrected chi connectivity index (χ4v) is 2.87. The van der Waals surface area contributed by atoms with E-state index < -0.39 is 0 Å². The Morgan fingerprint density at radius 1 is 1.11 bits per heavy atom. The molecule has 0 N–H and O–H groups in total. The van der Waals surface area contributed by atoms with E-state index in [0.717, 1.165) is 12.8 Å². The van der Waals surface area contributed by atoms with Crippen molar-refractivity contribution in [3.63, 3.8) is 0 Å². The molecule has 108 valence electrons. The molecule has 19 heavy (non-hydrogen) atoms. The SMILES string of the molecule is CCC(CC1C(=O)OC(=O)C1CC)C1OCCCO1. The molecule has 0 amide bonds. The Morgan fingerprint density at radius 2 is 1.74 bits per heavy atom. The second-order valence-electron chi connectivity index (χ2n) is 5.23. The zero-order valence-electron chi connectivity index (χ0n) is 11.6. The van der Waals surface area contributed by atoms with E-state index in [2.05, 4.69) is 6.92 Å². The topological polar surface area (TPSA) is 61.8 Å². The number of ether oxygens (including phenoxy) is 3. The standard InChI is InChI=1S/C14H22O5/c1-3-9(14-17-6-5-7-18-14)8-11-10(4-2)12(15)19-13(11)16/h9-11,14H,3-8H2,1-2H3. The molecule has 2 aliphatic rings. The van der Waals surface area contributed by atoms with Gasteiger partial charge in [-0.15, -0.1) is 0 Å². The molecule has 5 nitrogen and oxygen atoms in total. The first kappa shape index (κ1) is 14.5. The average Bonchev–Trinajstić information content (AvgIpc) is 2.70. The van der Waals surface area contributed by atoms with Gasteiger partial charge >= 0.3 is 11.9 Å². The molecule has 0 aromatic rings. The van der Waals surface area contributed by atoms with Crippen molar-refractivity contribution in [2.24, 2.45) is 17.8 Å². The predicted molar refractivity (Wildman–Crippen MR) is 67.1 cm³/mol. The molecule has 0 saturated carbocycles. The van der Waals surface area contributed by atoms with Gasteiger partial charge in [0, 0.05) is 5.92 Å². The first-order chi connectivity index (χ1) is 9.17. The van der Waals surface area contributed by atoms with E-state index in [1.54, 1.807) is 0 Å². The number of cyclic esters (lactones) is 2. The molecule has 0 aliphatic carbocycles. The van der Waals surface area contributed by atoms with E-state index in [-0.39, 0.29) is 36.0 Å². The molecule has 2 heterocycles. The van der Waals surface area contributed by atoms with Gasteiger partial charge in [-0.05, 0) is 25.7 Å². The molecule has 2 saturated heterocycles. The quantitative estimate of drug-likeness (QED) is 0.564. The largest absolute Gasteiger partial charge is 0.393 e. The zero-order chi connectivity index (χ0) is 13.8. The summed E-state index contributed by atoms with van der Waals surface area (Å²) in [6, 6.07) is 0. The van der Waals surface area contributed by atoms with Crippen LogP contribution in [0.4, 0.5) is 0 Å². The van der Waals surface area contributed by atoms with E-state index in [9.17, 15) is 9.59 Å². The number of hydrogen-bond donors (Lipinski definition) is 0. The van der Waals surface area contributed by atoms with Crippen molar-refractivity contribution in [2.75, 3.05) is 13.2 Å². The van der Waals surface area contributed by atoms with Crippen LogP contribution in [-0.2, 0) is 23.8 Å². The lowest BCUT2D eigenvalue weighted by atomic mass is 9.83. The molecular formula is C14H22O5. The van der Waals surface area contributed by atoms with Gasteiger partial charge in [0.25, 0.3) is 0 Å². The molecule has 5 heteroatoms. The average molecular weight is 270 g/mol. The van der Waals surface area contributed by atoms with Crippen molar-refractivity contribution >= 4 is 11.9 Å². The zero-order valence-corrected chi connectivity index (χ0v) is 11.6. The number of rotatable bonds is 5. The van der Waals surface area contributed by atoms with Crippen molar-refractivity contribution in [1.29, 1.82) is 0 Å². The molecule has 0 spiro atoms. The van der Waals surface area contributed by atoms with Crippen LogP contribution < -0.4 is 0 Å². The number of hydrogen-bond acceptors (Lipinski definition) is 5. The van der Waals surface area contributed by atoms with Crippen LogP contribution >= 0.6 is 0 Å². The molecule has 0 aromatic carbocycles. The Hall–Kier alpha value is -0.940. The van der Waals surface area contributed by atoms with Crippen LogP contribution in [0.3, 0.4) is 0 Å². The maximum Gasteiger partial charge on any atom is 0.317 e. The lowest BCUT2D eigenvalue weighted by Crippen LogP contribution is -2.34. The van der Waals surface area contributed by atoms with Crippen molar-refractivity contribution in [2.45, 2.75) is 45.8 Å². The van der Waals surface area contributed by atoms with Gasteiger partial charge in [0.1, 0.15) is 0 Å². The number of esters is 2. The summed E-state index contributed by atoms with van der Waals surface area (Å²) >= 11 is 0. The van der Waals surface area contributed by atoms with E-state index in [0.29, 0.717) is 26.1 Å². The molecule has 2 aliphatic heterocycles. The second-order valence-corrected chi connectivity index (χ2v) is 5.23. The highest BCUT2D eigenvalue weighted by atomic mass is 16.7. The minimum absolute atomic E-state index is 0.137. The third-order valence-corrected chi connectivity index (χ3v) is 4.05. The fourth-order valence-electron chi connectivity index (χ4n) is 2.87. The lowest BCUT2D eigenvalue weighted by Gasteiger charge is -2.31. The third-order valence-electron chi connectivity index (χ3n) is 4.05. The normalized spacial score (nSPS) is 30.4. The first-order valence-electron chi connectivity index (χ1n) is 7.16. The van der Waals surface area contributed by atoms with Gasteiger partial charge in [-0.1, -0.05) is 13.8 Å². The van der Waals surface area contributed by atoms with Gasteiger partial charge in [-0.3, -0.25) is 9.59 Å². The van der Waals surface area contributed by atoms with E-state index in [1.807, 2.05) is 6.92 Å². The molecular weight excluding hydrogens is 248 g/mol. The Morgan fingerprint density at radius 3 is 2.32 bits per heavy atom. The monoisotopic (exact) mass is 270 g/mol. The van der Waals surface area contributed by atoms with Crippen LogP contribution in [0.2, 0.25) is 0 Å². The second kappa shape index (κ2) is 6.48. The van der Waals surface area contributed by atoms with Gasteiger partial charge in [-0.25, -0.2) is 0 Å². The summed E-state index contributed by atoms with van der Waals surface area (Å²) in [4.78, 5) is 23.3. The Kier molecular flexibility index (Phi) is 4.93. The molecule has 0 aromatic heterocycles. The summed E-state index contributed by atoms with van der Waals surface area (Å²) < 4.78 is 16.0. The van der Waals surface area contributed by atoms with Crippen LogP contribution in [-0.4, -0.2) is 31.4 Å². The molecule has 3 unspecified atom stereocenters. The number of carbonyl (C=O) groups is 2. The fraction of sp³-hybridized carbons (Fsp3) is 0.857. The minimum Gasteiger partial charge on any atom is -0.393 e. The van der Waals surface area contributed by atoms with E-state index >= 15 is 0 Å². The number of carbonyl (C=O) groups excluding carboxylic acids is 2. The van der Waals surface area contributed by atoms with Crippen molar-refractivity contribution in [3.05, 3.63) is 0 Å². The Labute approximate surface area is 113 Å². The molecule has 3 atom stereocenters. The molecule has 0 radical (unpaired) electrons. The summed E-state index contributed by atoms with van der Waals surface area (Å²) in [5.74, 6) is -1.26. The van der Waals surface area contributed by atoms with E-state index in [1.165, 1.54) is 0 Å². The van der Waals surface area contributed by atoms with Crippen molar-refractivity contribution in [3.8, 4) is 0 Å². The maximum atomic E-state index is 11.8. The van der Waals surface area contributed by atoms with Crippen LogP contribution in [0.5, 0.6) is 0 Å². The highest BCUT2D eigenvalue weighted by Gasteiger charge is 2.44. The molecule has 2 fully saturated rings. The highest BCUT2D eigenvalue weighted by Crippen LogP contribution is 2.34. The smallest absolute Gasteiger partial charge is 0.317 e. The highest BCUT2D eigenvalue weighted by molar-refractivity contribution is 5.96. The maximum absolute atomic E-state index is 11.8. The van der Waals surface area contributed by atoms with Gasteiger partial charge in [0.2, 0.25) is 0 Å². The summed E-state index contributed by atoms with van der Waals surface area (Å²) in [6.45, 7) is 5.36. The summed E-state index contributed by atoms with van der Waals surface area (Å²) in [6.07, 6.45) is 2.76. The third kappa shape index (κ3) is 3.15.